The highest BCUT2D eigenvalue weighted by atomic mass is 32.2. The van der Waals surface area contributed by atoms with Gasteiger partial charge >= 0.3 is 5.69 Å². The van der Waals surface area contributed by atoms with E-state index in [1.54, 1.807) is 12.1 Å². The lowest BCUT2D eigenvalue weighted by atomic mass is 10.2. The molecule has 1 aromatic rings. The van der Waals surface area contributed by atoms with Gasteiger partial charge in [0.2, 0.25) is 0 Å². The molecule has 0 bridgehead atoms. The quantitative estimate of drug-likeness (QED) is 0.476. The van der Waals surface area contributed by atoms with Crippen LogP contribution in [-0.4, -0.2) is 17.2 Å². The van der Waals surface area contributed by atoms with Crippen molar-refractivity contribution in [3.05, 3.63) is 28.3 Å². The van der Waals surface area contributed by atoms with Crippen molar-refractivity contribution < 1.29 is 4.92 Å². The van der Waals surface area contributed by atoms with E-state index in [0.29, 0.717) is 12.2 Å². The highest BCUT2D eigenvalue weighted by Gasteiger charge is 2.18. The molecule has 5 heteroatoms. The minimum Gasteiger partial charge on any atom is -0.380 e. The molecule has 0 saturated carbocycles. The van der Waals surface area contributed by atoms with Gasteiger partial charge in [-0.2, -0.15) is 0 Å². The van der Waals surface area contributed by atoms with E-state index >= 15 is 0 Å². The summed E-state index contributed by atoms with van der Waals surface area (Å²) >= 11 is 1.49. The predicted molar refractivity (Wildman–Crippen MR) is 63.7 cm³/mol. The predicted octanol–water partition coefficient (Wildman–Crippen LogP) is 3.14. The standard InChI is InChI=1S/C10H14N2O2S/c1-3-11-8-6-5-7-9(15-4-2)10(8)12(13)14/h5-7,11H,3-4H2,1-2H3. The molecule has 0 radical (unpaired) electrons. The molecule has 0 aliphatic rings. The first-order valence-corrected chi connectivity index (χ1v) is 5.83. The molecule has 0 fully saturated rings. The Kier molecular flexibility index (Phi) is 4.42. The Bertz CT molecular complexity index is 331. The van der Waals surface area contributed by atoms with Crippen molar-refractivity contribution in [1.82, 2.24) is 0 Å². The van der Waals surface area contributed by atoms with E-state index in [9.17, 15) is 10.1 Å². The van der Waals surface area contributed by atoms with Crippen LogP contribution in [0.2, 0.25) is 0 Å². The molecule has 0 amide bonds. The van der Waals surface area contributed by atoms with Crippen LogP contribution in [0.1, 0.15) is 13.8 Å². The Morgan fingerprint density at radius 3 is 2.73 bits per heavy atom. The van der Waals surface area contributed by atoms with E-state index in [1.807, 2.05) is 19.9 Å². The van der Waals surface area contributed by atoms with E-state index < -0.39 is 0 Å². The Morgan fingerprint density at radius 2 is 2.20 bits per heavy atom. The maximum Gasteiger partial charge on any atom is 0.305 e. The number of benzene rings is 1. The number of anilines is 1. The van der Waals surface area contributed by atoms with Crippen molar-refractivity contribution in [3.8, 4) is 0 Å². The lowest BCUT2D eigenvalue weighted by molar-refractivity contribution is -0.386. The second-order valence-corrected chi connectivity index (χ2v) is 4.18. The van der Waals surface area contributed by atoms with Gasteiger partial charge in [-0.05, 0) is 24.8 Å². The Hall–Kier alpha value is -1.23. The van der Waals surface area contributed by atoms with Gasteiger partial charge in [-0.25, -0.2) is 0 Å². The van der Waals surface area contributed by atoms with Crippen LogP contribution < -0.4 is 5.32 Å². The molecule has 0 aromatic heterocycles. The average molecular weight is 226 g/mol. The van der Waals surface area contributed by atoms with Gasteiger partial charge in [-0.15, -0.1) is 11.8 Å². The zero-order valence-corrected chi connectivity index (χ0v) is 9.63. The lowest BCUT2D eigenvalue weighted by Gasteiger charge is -2.07. The number of thioether (sulfide) groups is 1. The molecule has 0 aliphatic heterocycles. The zero-order chi connectivity index (χ0) is 11.3. The van der Waals surface area contributed by atoms with E-state index in [2.05, 4.69) is 5.32 Å². The van der Waals surface area contributed by atoms with Crippen molar-refractivity contribution in [3.63, 3.8) is 0 Å². The lowest BCUT2D eigenvalue weighted by Crippen LogP contribution is -2.02. The second kappa shape index (κ2) is 5.60. The van der Waals surface area contributed by atoms with Crippen LogP contribution in [0, 0.1) is 10.1 Å². The second-order valence-electron chi connectivity index (χ2n) is 2.87. The molecule has 1 rings (SSSR count). The summed E-state index contributed by atoms with van der Waals surface area (Å²) in [4.78, 5) is 11.3. The summed E-state index contributed by atoms with van der Waals surface area (Å²) in [6.07, 6.45) is 0. The highest BCUT2D eigenvalue weighted by molar-refractivity contribution is 7.99. The molecule has 0 atom stereocenters. The van der Waals surface area contributed by atoms with E-state index in [-0.39, 0.29) is 10.6 Å². The van der Waals surface area contributed by atoms with Gasteiger partial charge in [0.15, 0.2) is 0 Å². The third kappa shape index (κ3) is 2.86. The summed E-state index contributed by atoms with van der Waals surface area (Å²) in [7, 11) is 0. The van der Waals surface area contributed by atoms with Crippen molar-refractivity contribution in [2.45, 2.75) is 18.7 Å². The van der Waals surface area contributed by atoms with Crippen molar-refractivity contribution in [1.29, 1.82) is 0 Å². The molecule has 1 aromatic carbocycles. The van der Waals surface area contributed by atoms with Crippen molar-refractivity contribution in [2.24, 2.45) is 0 Å². The molecule has 82 valence electrons. The first-order valence-electron chi connectivity index (χ1n) is 4.84. The summed E-state index contributed by atoms with van der Waals surface area (Å²) in [5, 5.41) is 13.9. The van der Waals surface area contributed by atoms with Gasteiger partial charge in [0.05, 0.1) is 9.82 Å². The largest absolute Gasteiger partial charge is 0.380 e. The van der Waals surface area contributed by atoms with Gasteiger partial charge in [-0.1, -0.05) is 13.0 Å². The third-order valence-electron chi connectivity index (χ3n) is 1.85. The molecule has 0 unspecified atom stereocenters. The Balaban J connectivity index is 3.15. The van der Waals surface area contributed by atoms with Gasteiger partial charge in [0.25, 0.3) is 0 Å². The van der Waals surface area contributed by atoms with E-state index in [4.69, 9.17) is 0 Å². The summed E-state index contributed by atoms with van der Waals surface area (Å²) in [5.41, 5.74) is 0.784. The number of nitrogens with one attached hydrogen (secondary N) is 1. The highest BCUT2D eigenvalue weighted by Crippen LogP contribution is 2.35. The number of nitro benzene ring substituents is 1. The summed E-state index contributed by atoms with van der Waals surface area (Å²) in [6, 6.07) is 5.36. The molecule has 0 spiro atoms. The summed E-state index contributed by atoms with van der Waals surface area (Å²) in [6.45, 7) is 4.58. The van der Waals surface area contributed by atoms with E-state index in [1.165, 1.54) is 11.8 Å². The van der Waals surface area contributed by atoms with Gasteiger partial charge in [0.1, 0.15) is 5.69 Å². The number of nitrogens with zero attached hydrogens (tertiary/aromatic N) is 1. The maximum absolute atomic E-state index is 10.9. The Labute approximate surface area is 93.2 Å². The topological polar surface area (TPSA) is 55.2 Å². The van der Waals surface area contributed by atoms with Gasteiger partial charge < -0.3 is 5.32 Å². The monoisotopic (exact) mass is 226 g/mol. The molecular formula is C10H14N2O2S. The molecule has 0 saturated heterocycles. The Morgan fingerprint density at radius 1 is 1.47 bits per heavy atom. The molecule has 0 heterocycles. The minimum atomic E-state index is -0.323. The first-order chi connectivity index (χ1) is 7.20. The van der Waals surface area contributed by atoms with Crippen LogP contribution in [0.15, 0.2) is 23.1 Å². The number of rotatable bonds is 5. The van der Waals surface area contributed by atoms with Crippen LogP contribution in [0.4, 0.5) is 11.4 Å². The zero-order valence-electron chi connectivity index (χ0n) is 8.82. The van der Waals surface area contributed by atoms with Crippen LogP contribution in [0.3, 0.4) is 0 Å². The number of hydrogen-bond donors (Lipinski definition) is 1. The van der Waals surface area contributed by atoms with Crippen molar-refractivity contribution in [2.75, 3.05) is 17.6 Å². The fourth-order valence-corrected chi connectivity index (χ4v) is 2.12. The van der Waals surface area contributed by atoms with Crippen LogP contribution in [0.5, 0.6) is 0 Å². The number of para-hydroxylation sites is 1. The van der Waals surface area contributed by atoms with Crippen LogP contribution in [0.25, 0.3) is 0 Å². The van der Waals surface area contributed by atoms with Crippen LogP contribution >= 0.6 is 11.8 Å². The summed E-state index contributed by atoms with van der Waals surface area (Å²) in [5.74, 6) is 0.830. The molecule has 15 heavy (non-hydrogen) atoms. The normalized spacial score (nSPS) is 10.0. The molecule has 1 N–H and O–H groups in total. The minimum absolute atomic E-state index is 0.186. The molecule has 0 aliphatic carbocycles. The van der Waals surface area contributed by atoms with Gasteiger partial charge in [-0.3, -0.25) is 10.1 Å². The fourth-order valence-electron chi connectivity index (χ4n) is 1.32. The molecular weight excluding hydrogens is 212 g/mol. The fraction of sp³-hybridized carbons (Fsp3) is 0.400. The number of hydrogen-bond acceptors (Lipinski definition) is 4. The SMILES string of the molecule is CCNc1cccc(SCC)c1[N+](=O)[O-]. The third-order valence-corrected chi connectivity index (χ3v) is 2.78. The van der Waals surface area contributed by atoms with Crippen molar-refractivity contribution >= 4 is 23.1 Å². The first kappa shape index (κ1) is 11.8. The van der Waals surface area contributed by atoms with E-state index in [0.717, 1.165) is 10.6 Å². The van der Waals surface area contributed by atoms with Crippen LogP contribution in [-0.2, 0) is 0 Å². The average Bonchev–Trinajstić information content (AvgIpc) is 2.18. The van der Waals surface area contributed by atoms with Gasteiger partial charge in [0, 0.05) is 6.54 Å². The maximum atomic E-state index is 10.9. The number of nitro groups is 1. The molecule has 4 nitrogen and oxygen atoms in total. The summed E-state index contributed by atoms with van der Waals surface area (Å²) < 4.78 is 0. The smallest absolute Gasteiger partial charge is 0.305 e.